The summed E-state index contributed by atoms with van der Waals surface area (Å²) in [6, 6.07) is 17.5. The Morgan fingerprint density at radius 2 is 1.65 bits per heavy atom. The van der Waals surface area contributed by atoms with E-state index in [-0.39, 0.29) is 11.1 Å². The average Bonchev–Trinajstić information content (AvgIpc) is 2.60. The average molecular weight is 265 g/mol. The maximum Gasteiger partial charge on any atom is 0.0708 e. The first-order chi connectivity index (χ1) is 12.2. The number of rotatable bonds is 2. The van der Waals surface area contributed by atoms with Gasteiger partial charge in [-0.15, -0.1) is 0 Å². The lowest BCUT2D eigenvalue weighted by Gasteiger charge is -2.09. The molecule has 0 aliphatic rings. The van der Waals surface area contributed by atoms with E-state index in [1.54, 1.807) is 18.2 Å². The fourth-order valence-corrected chi connectivity index (χ4v) is 2.11. The van der Waals surface area contributed by atoms with E-state index in [2.05, 4.69) is 4.98 Å². The summed E-state index contributed by atoms with van der Waals surface area (Å²) in [4.78, 5) is 4.31. The van der Waals surface area contributed by atoms with E-state index < -0.39 is 13.7 Å². The molecule has 0 N–H and O–H groups in total. The molecule has 1 heteroatoms. The molecular formula is C19H17N. The van der Waals surface area contributed by atoms with Gasteiger partial charge in [0.2, 0.25) is 0 Å². The molecule has 98 valence electrons. The van der Waals surface area contributed by atoms with Gasteiger partial charge in [0, 0.05) is 20.0 Å². The summed E-state index contributed by atoms with van der Waals surface area (Å²) in [7, 11) is 0. The number of aryl methyl sites for hydroxylation is 2. The van der Waals surface area contributed by atoms with Crippen molar-refractivity contribution in [3.8, 4) is 22.4 Å². The quantitative estimate of drug-likeness (QED) is 0.633. The van der Waals surface area contributed by atoms with Gasteiger partial charge < -0.3 is 0 Å². The van der Waals surface area contributed by atoms with Gasteiger partial charge in [0.1, 0.15) is 0 Å². The lowest BCUT2D eigenvalue weighted by Crippen LogP contribution is -1.89. The van der Waals surface area contributed by atoms with Crippen molar-refractivity contribution in [2.45, 2.75) is 13.7 Å². The summed E-state index contributed by atoms with van der Waals surface area (Å²) < 4.78 is 45.8. The van der Waals surface area contributed by atoms with Crippen molar-refractivity contribution in [1.82, 2.24) is 4.98 Å². The fourth-order valence-electron chi connectivity index (χ4n) is 2.11. The van der Waals surface area contributed by atoms with Gasteiger partial charge in [0.05, 0.1) is 5.69 Å². The van der Waals surface area contributed by atoms with Crippen molar-refractivity contribution >= 4 is 0 Å². The molecule has 1 nitrogen and oxygen atoms in total. The standard InChI is InChI=1S/C19H17N/c1-14-8-10-16(11-9-14)18-12-19(20-13-15(18)2)17-6-4-3-5-7-17/h3-13H,1-2H3/i1D3,2D3. The second-order valence-electron chi connectivity index (χ2n) is 4.56. The highest BCUT2D eigenvalue weighted by Gasteiger charge is 2.06. The summed E-state index contributed by atoms with van der Waals surface area (Å²) in [6.07, 6.45) is 1.38. The molecule has 0 unspecified atom stereocenters. The molecule has 0 spiro atoms. The molecule has 0 saturated carbocycles. The molecule has 2 aromatic carbocycles. The zero-order valence-electron chi connectivity index (χ0n) is 16.8. The minimum atomic E-state index is -2.32. The molecule has 0 aliphatic carbocycles. The lowest BCUT2D eigenvalue weighted by atomic mass is 9.99. The van der Waals surface area contributed by atoms with E-state index in [9.17, 15) is 0 Å². The largest absolute Gasteiger partial charge is 0.256 e. The maximum atomic E-state index is 7.78. The van der Waals surface area contributed by atoms with Crippen molar-refractivity contribution in [2.24, 2.45) is 0 Å². The molecule has 1 aromatic heterocycles. The van der Waals surface area contributed by atoms with Crippen LogP contribution in [0, 0.1) is 13.7 Å². The Kier molecular flexibility index (Phi) is 1.96. The molecule has 0 aliphatic heterocycles. The number of benzene rings is 2. The van der Waals surface area contributed by atoms with Gasteiger partial charge in [-0.3, -0.25) is 4.98 Å². The molecule has 0 saturated heterocycles. The third-order valence-electron chi connectivity index (χ3n) is 3.17. The van der Waals surface area contributed by atoms with Gasteiger partial charge in [0.25, 0.3) is 0 Å². The second-order valence-corrected chi connectivity index (χ2v) is 4.56. The Bertz CT molecular complexity index is 896. The Balaban J connectivity index is 2.14. The molecule has 0 bridgehead atoms. The van der Waals surface area contributed by atoms with Gasteiger partial charge in [-0.05, 0) is 36.5 Å². The van der Waals surface area contributed by atoms with Crippen LogP contribution in [0.15, 0.2) is 66.9 Å². The van der Waals surface area contributed by atoms with E-state index >= 15 is 0 Å². The summed E-state index contributed by atoms with van der Waals surface area (Å²) in [5.74, 6) is 0. The molecule has 0 amide bonds. The Hall–Kier alpha value is -2.41. The van der Waals surface area contributed by atoms with Gasteiger partial charge in [-0.25, -0.2) is 0 Å². The van der Waals surface area contributed by atoms with Crippen LogP contribution in [-0.2, 0) is 0 Å². The van der Waals surface area contributed by atoms with Gasteiger partial charge in [-0.1, -0.05) is 60.2 Å². The van der Waals surface area contributed by atoms with Crippen LogP contribution >= 0.6 is 0 Å². The van der Waals surface area contributed by atoms with Crippen LogP contribution in [0.25, 0.3) is 22.4 Å². The SMILES string of the molecule is [2H]C([2H])([2H])c1ccc(-c2cc(-c3ccccc3)ncc2C([2H])([2H])[2H])cc1. The van der Waals surface area contributed by atoms with E-state index in [4.69, 9.17) is 8.22 Å². The molecule has 1 heterocycles. The fraction of sp³-hybridized carbons (Fsp3) is 0.105. The van der Waals surface area contributed by atoms with Crippen molar-refractivity contribution in [2.75, 3.05) is 0 Å². The summed E-state index contributed by atoms with van der Waals surface area (Å²) >= 11 is 0. The summed E-state index contributed by atoms with van der Waals surface area (Å²) in [5, 5.41) is 0. The molecule has 0 atom stereocenters. The first-order valence-electron chi connectivity index (χ1n) is 9.33. The summed E-state index contributed by atoms with van der Waals surface area (Å²) in [6.45, 7) is -4.51. The highest BCUT2D eigenvalue weighted by Crippen LogP contribution is 2.27. The summed E-state index contributed by atoms with van der Waals surface area (Å²) in [5.41, 5.74) is 3.06. The van der Waals surface area contributed by atoms with Gasteiger partial charge in [-0.2, -0.15) is 0 Å². The van der Waals surface area contributed by atoms with Gasteiger partial charge in [0.15, 0.2) is 0 Å². The van der Waals surface area contributed by atoms with Crippen LogP contribution in [0.4, 0.5) is 0 Å². The van der Waals surface area contributed by atoms with Gasteiger partial charge >= 0.3 is 0 Å². The number of hydrogen-bond acceptors (Lipinski definition) is 1. The predicted octanol–water partition coefficient (Wildman–Crippen LogP) is 5.03. The molecule has 0 fully saturated rings. The topological polar surface area (TPSA) is 12.9 Å². The van der Waals surface area contributed by atoms with Crippen molar-refractivity contribution in [3.05, 3.63) is 78.0 Å². The normalized spacial score (nSPS) is 16.2. The van der Waals surface area contributed by atoms with Crippen LogP contribution < -0.4 is 0 Å². The van der Waals surface area contributed by atoms with Crippen LogP contribution in [-0.4, -0.2) is 4.98 Å². The minimum absolute atomic E-state index is 0.138. The van der Waals surface area contributed by atoms with Crippen LogP contribution in [0.5, 0.6) is 0 Å². The highest BCUT2D eigenvalue weighted by atomic mass is 14.7. The minimum Gasteiger partial charge on any atom is -0.256 e. The van der Waals surface area contributed by atoms with Crippen molar-refractivity contribution in [1.29, 1.82) is 0 Å². The number of pyridine rings is 1. The molecule has 20 heavy (non-hydrogen) atoms. The van der Waals surface area contributed by atoms with E-state index in [0.717, 1.165) is 5.56 Å². The zero-order chi connectivity index (χ0) is 18.9. The first-order valence-corrected chi connectivity index (χ1v) is 6.33. The smallest absolute Gasteiger partial charge is 0.0708 e. The third-order valence-corrected chi connectivity index (χ3v) is 3.17. The van der Waals surface area contributed by atoms with Crippen LogP contribution in [0.2, 0.25) is 0 Å². The number of nitrogens with zero attached hydrogens (tertiary/aromatic N) is 1. The van der Waals surface area contributed by atoms with Crippen LogP contribution in [0.1, 0.15) is 19.4 Å². The second kappa shape index (κ2) is 5.30. The Labute approximate surface area is 128 Å². The van der Waals surface area contributed by atoms with E-state index in [0.29, 0.717) is 16.8 Å². The van der Waals surface area contributed by atoms with E-state index in [1.165, 1.54) is 18.3 Å². The number of hydrogen-bond donors (Lipinski definition) is 0. The molecule has 0 radical (unpaired) electrons. The molecule has 3 aromatic rings. The van der Waals surface area contributed by atoms with Crippen molar-refractivity contribution in [3.63, 3.8) is 0 Å². The Morgan fingerprint density at radius 3 is 2.35 bits per heavy atom. The van der Waals surface area contributed by atoms with E-state index in [1.807, 2.05) is 30.3 Å². The maximum absolute atomic E-state index is 7.78. The first kappa shape index (κ1) is 7.39. The Morgan fingerprint density at radius 1 is 0.850 bits per heavy atom. The highest BCUT2D eigenvalue weighted by molar-refractivity contribution is 5.72. The monoisotopic (exact) mass is 265 g/mol. The third kappa shape index (κ3) is 2.48. The van der Waals surface area contributed by atoms with Crippen molar-refractivity contribution < 1.29 is 8.22 Å². The molecular weight excluding hydrogens is 242 g/mol. The predicted molar refractivity (Wildman–Crippen MR) is 84.6 cm³/mol. The molecule has 3 rings (SSSR count). The number of aromatic nitrogens is 1. The van der Waals surface area contributed by atoms with Crippen LogP contribution in [0.3, 0.4) is 0 Å². The zero-order valence-corrected chi connectivity index (χ0v) is 10.8. The lowest BCUT2D eigenvalue weighted by molar-refractivity contribution is 1.27.